The molecule has 2 heteroatoms. The highest BCUT2D eigenvalue weighted by Crippen LogP contribution is 2.39. The molecule has 0 spiro atoms. The fraction of sp³-hybridized carbons (Fsp3) is 0.321. The second-order valence-electron chi connectivity index (χ2n) is 7.59. The van der Waals surface area contributed by atoms with Crippen molar-refractivity contribution in [3.8, 4) is 11.1 Å². The first-order chi connectivity index (χ1) is 14.8. The molecule has 2 nitrogen and oxygen atoms in total. The van der Waals surface area contributed by atoms with Crippen molar-refractivity contribution in [2.75, 3.05) is 0 Å². The van der Waals surface area contributed by atoms with Gasteiger partial charge in [-0.3, -0.25) is 4.79 Å². The molecule has 0 aliphatic heterocycles. The number of hydrogen-bond acceptors (Lipinski definition) is 1. The van der Waals surface area contributed by atoms with E-state index in [1.54, 1.807) is 11.1 Å². The van der Waals surface area contributed by atoms with Gasteiger partial charge in [0.25, 0.3) is 0 Å². The minimum absolute atomic E-state index is 0.250. The van der Waals surface area contributed by atoms with Gasteiger partial charge in [-0.25, -0.2) is 0 Å². The standard InChI is InChI=1S/C21H26.C6H6.CH3NO/c1-2-3-4-5-6-7-11-17-13-10-14-19-16-18-12-8-9-15-20(18)21(17)19;1-2-4-6-5-3-1;2-1-3/h8-10,12-15H,2-7,11,16H2,1H3;1-6H;1H,(H2,2,3). The summed E-state index contributed by atoms with van der Waals surface area (Å²) in [5.74, 6) is 0. The number of benzene rings is 3. The number of carbonyl (C=O) groups excluding carboxylic acids is 1. The monoisotopic (exact) mass is 401 g/mol. The maximum atomic E-state index is 8.58. The molecule has 2 N–H and O–H groups in total. The van der Waals surface area contributed by atoms with Crippen LogP contribution in [0.2, 0.25) is 0 Å². The molecule has 0 bridgehead atoms. The van der Waals surface area contributed by atoms with Crippen molar-refractivity contribution >= 4 is 6.41 Å². The van der Waals surface area contributed by atoms with Gasteiger partial charge >= 0.3 is 0 Å². The van der Waals surface area contributed by atoms with Gasteiger partial charge in [0.2, 0.25) is 6.41 Å². The highest BCUT2D eigenvalue weighted by atomic mass is 16.1. The van der Waals surface area contributed by atoms with E-state index in [4.69, 9.17) is 4.79 Å². The molecule has 0 radical (unpaired) electrons. The van der Waals surface area contributed by atoms with Gasteiger partial charge in [0, 0.05) is 0 Å². The molecule has 158 valence electrons. The molecule has 0 heterocycles. The summed E-state index contributed by atoms with van der Waals surface area (Å²) in [6, 6.07) is 27.8. The Kier molecular flexibility index (Phi) is 11.1. The zero-order valence-corrected chi connectivity index (χ0v) is 18.2. The van der Waals surface area contributed by atoms with Crippen molar-refractivity contribution in [3.63, 3.8) is 0 Å². The smallest absolute Gasteiger partial charge is 0.204 e. The quantitative estimate of drug-likeness (QED) is 0.264. The van der Waals surface area contributed by atoms with Crippen molar-refractivity contribution in [1.29, 1.82) is 0 Å². The first kappa shape index (κ1) is 23.4. The van der Waals surface area contributed by atoms with E-state index in [-0.39, 0.29) is 6.41 Å². The fourth-order valence-electron chi connectivity index (χ4n) is 3.96. The SMILES string of the molecule is CCCCCCCCc1cccc2c1-c1ccccc1C2.NC=O.c1ccccc1. The third-order valence-electron chi connectivity index (χ3n) is 5.37. The maximum Gasteiger partial charge on any atom is 0.204 e. The van der Waals surface area contributed by atoms with E-state index in [9.17, 15) is 0 Å². The van der Waals surface area contributed by atoms with Crippen LogP contribution in [0.4, 0.5) is 0 Å². The van der Waals surface area contributed by atoms with Crippen LogP contribution in [0.1, 0.15) is 62.1 Å². The first-order valence-corrected chi connectivity index (χ1v) is 11.2. The van der Waals surface area contributed by atoms with Crippen LogP contribution in [0, 0.1) is 0 Å². The summed E-state index contributed by atoms with van der Waals surface area (Å²) >= 11 is 0. The highest BCUT2D eigenvalue weighted by molar-refractivity contribution is 5.79. The van der Waals surface area contributed by atoms with Crippen molar-refractivity contribution < 1.29 is 4.79 Å². The molecule has 0 aromatic heterocycles. The summed E-state index contributed by atoms with van der Waals surface area (Å²) in [6.45, 7) is 2.28. The van der Waals surface area contributed by atoms with E-state index >= 15 is 0 Å². The molecule has 30 heavy (non-hydrogen) atoms. The number of hydrogen-bond donors (Lipinski definition) is 1. The van der Waals surface area contributed by atoms with Gasteiger partial charge in [0.1, 0.15) is 0 Å². The molecular weight excluding hydrogens is 366 g/mol. The van der Waals surface area contributed by atoms with Crippen LogP contribution in [0.25, 0.3) is 11.1 Å². The average Bonchev–Trinajstić information content (AvgIpc) is 3.18. The average molecular weight is 402 g/mol. The van der Waals surface area contributed by atoms with Crippen molar-refractivity contribution in [3.05, 3.63) is 95.6 Å². The van der Waals surface area contributed by atoms with Crippen LogP contribution in [-0.2, 0) is 17.6 Å². The zero-order chi connectivity index (χ0) is 21.4. The van der Waals surface area contributed by atoms with Crippen molar-refractivity contribution in [2.24, 2.45) is 5.73 Å². The molecule has 3 aromatic rings. The summed E-state index contributed by atoms with van der Waals surface area (Å²) in [7, 11) is 0. The van der Waals surface area contributed by atoms with Crippen LogP contribution < -0.4 is 5.73 Å². The Morgan fingerprint density at radius 1 is 0.733 bits per heavy atom. The number of amides is 1. The van der Waals surface area contributed by atoms with E-state index in [0.29, 0.717) is 0 Å². The summed E-state index contributed by atoms with van der Waals surface area (Å²) in [4.78, 5) is 8.58. The maximum absolute atomic E-state index is 8.58. The summed E-state index contributed by atoms with van der Waals surface area (Å²) in [5.41, 5.74) is 11.8. The summed E-state index contributed by atoms with van der Waals surface area (Å²) in [6.07, 6.45) is 10.9. The lowest BCUT2D eigenvalue weighted by Crippen LogP contribution is -1.91. The molecule has 1 aliphatic carbocycles. The summed E-state index contributed by atoms with van der Waals surface area (Å²) in [5, 5.41) is 0. The van der Waals surface area contributed by atoms with E-state index < -0.39 is 0 Å². The van der Waals surface area contributed by atoms with Gasteiger partial charge < -0.3 is 5.73 Å². The Hall–Kier alpha value is -2.87. The molecule has 0 atom stereocenters. The Balaban J connectivity index is 0.000000298. The van der Waals surface area contributed by atoms with Gasteiger partial charge in [-0.1, -0.05) is 118 Å². The van der Waals surface area contributed by atoms with Crippen LogP contribution in [0.5, 0.6) is 0 Å². The lowest BCUT2D eigenvalue weighted by molar-refractivity contribution is -0.106. The zero-order valence-electron chi connectivity index (χ0n) is 18.2. The predicted octanol–water partition coefficient (Wildman–Crippen LogP) is 6.95. The second kappa shape index (κ2) is 14.2. The number of rotatable bonds is 7. The normalized spacial score (nSPS) is 10.6. The first-order valence-electron chi connectivity index (χ1n) is 11.2. The molecule has 0 saturated carbocycles. The van der Waals surface area contributed by atoms with Gasteiger partial charge in [-0.2, -0.15) is 0 Å². The van der Waals surface area contributed by atoms with Crippen molar-refractivity contribution in [2.45, 2.75) is 58.3 Å². The number of nitrogens with two attached hydrogens (primary N) is 1. The Bertz CT molecular complexity index is 831. The van der Waals surface area contributed by atoms with E-state index in [2.05, 4.69) is 55.1 Å². The van der Waals surface area contributed by atoms with Crippen molar-refractivity contribution in [1.82, 2.24) is 0 Å². The van der Waals surface area contributed by atoms with Gasteiger partial charge in [0.05, 0.1) is 0 Å². The third-order valence-corrected chi connectivity index (χ3v) is 5.37. The van der Waals surface area contributed by atoms with E-state index in [1.807, 2.05) is 36.4 Å². The number of primary amides is 1. The highest BCUT2D eigenvalue weighted by Gasteiger charge is 2.20. The molecule has 4 rings (SSSR count). The van der Waals surface area contributed by atoms with Crippen LogP contribution in [0.15, 0.2) is 78.9 Å². The number of unbranched alkanes of at least 4 members (excludes halogenated alkanes) is 5. The molecule has 3 aromatic carbocycles. The van der Waals surface area contributed by atoms with E-state index in [0.717, 1.165) is 6.42 Å². The topological polar surface area (TPSA) is 43.1 Å². The molecule has 1 amide bonds. The molecule has 0 fully saturated rings. The van der Waals surface area contributed by atoms with E-state index in [1.165, 1.54) is 61.6 Å². The molecule has 1 aliphatic rings. The number of aryl methyl sites for hydroxylation is 1. The third kappa shape index (κ3) is 7.51. The number of carbonyl (C=O) groups is 1. The second-order valence-corrected chi connectivity index (χ2v) is 7.59. The Morgan fingerprint density at radius 2 is 1.30 bits per heavy atom. The van der Waals surface area contributed by atoms with Gasteiger partial charge in [-0.05, 0) is 47.1 Å². The molecule has 0 unspecified atom stereocenters. The van der Waals surface area contributed by atoms with Gasteiger partial charge in [0.15, 0.2) is 0 Å². The van der Waals surface area contributed by atoms with Crippen LogP contribution in [-0.4, -0.2) is 6.41 Å². The molecule has 0 saturated heterocycles. The van der Waals surface area contributed by atoms with Crippen LogP contribution in [0.3, 0.4) is 0 Å². The lowest BCUT2D eigenvalue weighted by atomic mass is 9.95. The summed E-state index contributed by atoms with van der Waals surface area (Å²) < 4.78 is 0. The Labute approximate surface area is 182 Å². The number of fused-ring (bicyclic) bond motifs is 3. The van der Waals surface area contributed by atoms with Gasteiger partial charge in [-0.15, -0.1) is 0 Å². The van der Waals surface area contributed by atoms with Crippen LogP contribution >= 0.6 is 0 Å². The minimum Gasteiger partial charge on any atom is -0.372 e. The Morgan fingerprint density at radius 3 is 1.97 bits per heavy atom. The lowest BCUT2D eigenvalue weighted by Gasteiger charge is -2.09. The minimum atomic E-state index is 0.250. The largest absolute Gasteiger partial charge is 0.372 e. The molecular formula is C28H35NO. The predicted molar refractivity (Wildman–Crippen MR) is 128 cm³/mol. The fourth-order valence-corrected chi connectivity index (χ4v) is 3.96.